The SMILES string of the molecule is N[C@@H](CCC(=O)O)C(=O)C1c2ccccc2Oc2ccccc21. The Hall–Kier alpha value is -2.66. The van der Waals surface area contributed by atoms with Crippen molar-refractivity contribution in [3.05, 3.63) is 59.7 Å². The maximum absolute atomic E-state index is 12.9. The molecular weight excluding hydrogens is 294 g/mol. The van der Waals surface area contributed by atoms with Crippen LogP contribution in [-0.4, -0.2) is 22.9 Å². The molecule has 0 spiro atoms. The van der Waals surface area contributed by atoms with E-state index in [-0.39, 0.29) is 18.6 Å². The highest BCUT2D eigenvalue weighted by atomic mass is 16.5. The normalized spacial score (nSPS) is 14.3. The van der Waals surface area contributed by atoms with Gasteiger partial charge in [0, 0.05) is 17.5 Å². The molecule has 0 aliphatic carbocycles. The quantitative estimate of drug-likeness (QED) is 0.886. The summed E-state index contributed by atoms with van der Waals surface area (Å²) in [7, 11) is 0. The standard InChI is InChI=1S/C18H17NO4/c19-13(9-10-16(20)21)18(22)17-11-5-1-3-7-14(11)23-15-8-4-2-6-12(15)17/h1-8,13,17H,9-10,19H2,(H,20,21)/t13-/m0/s1. The summed E-state index contributed by atoms with van der Waals surface area (Å²) in [6.45, 7) is 0. The van der Waals surface area contributed by atoms with Gasteiger partial charge in [-0.3, -0.25) is 9.59 Å². The number of aliphatic carboxylic acids is 1. The minimum atomic E-state index is -0.957. The van der Waals surface area contributed by atoms with E-state index in [9.17, 15) is 9.59 Å². The van der Waals surface area contributed by atoms with Gasteiger partial charge in [-0.25, -0.2) is 0 Å². The van der Waals surface area contributed by atoms with E-state index in [0.717, 1.165) is 11.1 Å². The lowest BCUT2D eigenvalue weighted by atomic mass is 9.82. The van der Waals surface area contributed by atoms with Crippen LogP contribution in [0.4, 0.5) is 0 Å². The molecule has 0 saturated heterocycles. The molecule has 118 valence electrons. The number of ketones is 1. The Morgan fingerprint density at radius 1 is 1.04 bits per heavy atom. The van der Waals surface area contributed by atoms with Crippen molar-refractivity contribution in [1.82, 2.24) is 0 Å². The molecule has 5 heteroatoms. The molecule has 0 aromatic heterocycles. The van der Waals surface area contributed by atoms with E-state index in [1.54, 1.807) is 0 Å². The van der Waals surface area contributed by atoms with Gasteiger partial charge in [0.2, 0.25) is 0 Å². The van der Waals surface area contributed by atoms with E-state index < -0.39 is 17.9 Å². The summed E-state index contributed by atoms with van der Waals surface area (Å²) in [5.41, 5.74) is 7.49. The van der Waals surface area contributed by atoms with Crippen LogP contribution in [0.15, 0.2) is 48.5 Å². The third-order valence-electron chi connectivity index (χ3n) is 4.00. The molecule has 1 aliphatic rings. The fourth-order valence-electron chi connectivity index (χ4n) is 2.85. The van der Waals surface area contributed by atoms with Gasteiger partial charge in [0.1, 0.15) is 11.5 Å². The van der Waals surface area contributed by atoms with Gasteiger partial charge in [0.15, 0.2) is 5.78 Å². The highest BCUT2D eigenvalue weighted by Gasteiger charge is 2.34. The molecular formula is C18H17NO4. The molecule has 0 fully saturated rings. The summed E-state index contributed by atoms with van der Waals surface area (Å²) >= 11 is 0. The number of carbonyl (C=O) groups is 2. The molecule has 5 nitrogen and oxygen atoms in total. The Bertz CT molecular complexity index is 711. The predicted molar refractivity (Wildman–Crippen MR) is 84.7 cm³/mol. The largest absolute Gasteiger partial charge is 0.481 e. The Morgan fingerprint density at radius 3 is 2.09 bits per heavy atom. The van der Waals surface area contributed by atoms with Gasteiger partial charge in [0.25, 0.3) is 0 Å². The molecule has 2 aromatic rings. The van der Waals surface area contributed by atoms with Crippen LogP contribution in [0.5, 0.6) is 11.5 Å². The van der Waals surface area contributed by atoms with Crippen LogP contribution in [0.3, 0.4) is 0 Å². The lowest BCUT2D eigenvalue weighted by molar-refractivity contribution is -0.137. The maximum atomic E-state index is 12.9. The van der Waals surface area contributed by atoms with Crippen molar-refractivity contribution in [3.8, 4) is 11.5 Å². The average Bonchev–Trinajstić information content (AvgIpc) is 2.56. The zero-order valence-electron chi connectivity index (χ0n) is 12.4. The summed E-state index contributed by atoms with van der Waals surface area (Å²) < 4.78 is 5.85. The van der Waals surface area contributed by atoms with Crippen molar-refractivity contribution in [3.63, 3.8) is 0 Å². The molecule has 2 aromatic carbocycles. The fraction of sp³-hybridized carbons (Fsp3) is 0.222. The number of fused-ring (bicyclic) bond motifs is 2. The highest BCUT2D eigenvalue weighted by Crippen LogP contribution is 2.44. The number of ether oxygens (including phenoxy) is 1. The topological polar surface area (TPSA) is 89.6 Å². The van der Waals surface area contributed by atoms with Crippen molar-refractivity contribution < 1.29 is 19.4 Å². The highest BCUT2D eigenvalue weighted by molar-refractivity contribution is 5.95. The predicted octanol–water partition coefficient (Wildman–Crippen LogP) is 2.69. The molecule has 3 rings (SSSR count). The maximum Gasteiger partial charge on any atom is 0.303 e. The second kappa shape index (κ2) is 6.22. The van der Waals surface area contributed by atoms with Crippen molar-refractivity contribution in [1.29, 1.82) is 0 Å². The number of benzene rings is 2. The number of carboxylic acids is 1. The first-order chi connectivity index (χ1) is 11.1. The summed E-state index contributed by atoms with van der Waals surface area (Å²) in [6.07, 6.45) is -0.00468. The van der Waals surface area contributed by atoms with Crippen molar-refractivity contribution >= 4 is 11.8 Å². The number of Topliss-reactive ketones (excluding diaryl/α,β-unsaturated/α-hetero) is 1. The van der Waals surface area contributed by atoms with Crippen LogP contribution in [0, 0.1) is 0 Å². The summed E-state index contributed by atoms with van der Waals surface area (Å²) in [4.78, 5) is 23.6. The molecule has 3 N–H and O–H groups in total. The van der Waals surface area contributed by atoms with Crippen molar-refractivity contribution in [2.24, 2.45) is 5.73 Å². The molecule has 0 radical (unpaired) electrons. The van der Waals surface area contributed by atoms with Crippen molar-refractivity contribution in [2.75, 3.05) is 0 Å². The first kappa shape index (κ1) is 15.2. The average molecular weight is 311 g/mol. The lowest BCUT2D eigenvalue weighted by Crippen LogP contribution is -2.36. The van der Waals surface area contributed by atoms with Crippen LogP contribution in [0.2, 0.25) is 0 Å². The van der Waals surface area contributed by atoms with E-state index in [4.69, 9.17) is 15.6 Å². The Morgan fingerprint density at radius 2 is 1.57 bits per heavy atom. The molecule has 1 atom stereocenters. The number of hydrogen-bond acceptors (Lipinski definition) is 4. The number of hydrogen-bond donors (Lipinski definition) is 2. The fourth-order valence-corrected chi connectivity index (χ4v) is 2.85. The van der Waals surface area contributed by atoms with Gasteiger partial charge < -0.3 is 15.6 Å². The zero-order chi connectivity index (χ0) is 16.4. The van der Waals surface area contributed by atoms with Gasteiger partial charge in [-0.2, -0.15) is 0 Å². The zero-order valence-corrected chi connectivity index (χ0v) is 12.4. The van der Waals surface area contributed by atoms with E-state index in [1.807, 2.05) is 48.5 Å². The molecule has 0 unspecified atom stereocenters. The van der Waals surface area contributed by atoms with Gasteiger partial charge in [-0.15, -0.1) is 0 Å². The van der Waals surface area contributed by atoms with Crippen LogP contribution >= 0.6 is 0 Å². The second-order valence-corrected chi connectivity index (χ2v) is 5.55. The second-order valence-electron chi connectivity index (χ2n) is 5.55. The molecule has 23 heavy (non-hydrogen) atoms. The van der Waals surface area contributed by atoms with E-state index >= 15 is 0 Å². The number of para-hydroxylation sites is 2. The smallest absolute Gasteiger partial charge is 0.303 e. The first-order valence-corrected chi connectivity index (χ1v) is 7.44. The number of carbonyl (C=O) groups excluding carboxylic acids is 1. The van der Waals surface area contributed by atoms with E-state index in [2.05, 4.69) is 0 Å². The van der Waals surface area contributed by atoms with Gasteiger partial charge in [0.05, 0.1) is 12.0 Å². The number of carboxylic acid groups (broad SMARTS) is 1. The van der Waals surface area contributed by atoms with Crippen LogP contribution in [0.25, 0.3) is 0 Å². The third kappa shape index (κ3) is 2.96. The number of rotatable bonds is 5. The summed E-state index contributed by atoms with van der Waals surface area (Å²) in [5, 5.41) is 8.78. The summed E-state index contributed by atoms with van der Waals surface area (Å²) in [6, 6.07) is 13.9. The van der Waals surface area contributed by atoms with Gasteiger partial charge in [-0.05, 0) is 18.6 Å². The third-order valence-corrected chi connectivity index (χ3v) is 4.00. The Kier molecular flexibility index (Phi) is 4.12. The molecule has 1 aliphatic heterocycles. The van der Waals surface area contributed by atoms with Crippen LogP contribution in [-0.2, 0) is 9.59 Å². The molecule has 0 bridgehead atoms. The van der Waals surface area contributed by atoms with Crippen LogP contribution in [0.1, 0.15) is 29.9 Å². The van der Waals surface area contributed by atoms with E-state index in [0.29, 0.717) is 11.5 Å². The number of nitrogens with two attached hydrogens (primary N) is 1. The molecule has 1 heterocycles. The minimum absolute atomic E-state index is 0.121. The molecule has 0 saturated carbocycles. The first-order valence-electron chi connectivity index (χ1n) is 7.44. The minimum Gasteiger partial charge on any atom is -0.481 e. The Balaban J connectivity index is 1.97. The van der Waals surface area contributed by atoms with E-state index in [1.165, 1.54) is 0 Å². The summed E-state index contributed by atoms with van der Waals surface area (Å²) in [5.74, 6) is -0.402. The van der Waals surface area contributed by atoms with Crippen molar-refractivity contribution in [2.45, 2.75) is 24.8 Å². The lowest BCUT2D eigenvalue weighted by Gasteiger charge is -2.28. The monoisotopic (exact) mass is 311 g/mol. The van der Waals surface area contributed by atoms with Gasteiger partial charge in [-0.1, -0.05) is 36.4 Å². The van der Waals surface area contributed by atoms with Gasteiger partial charge >= 0.3 is 5.97 Å². The van der Waals surface area contributed by atoms with Crippen LogP contribution < -0.4 is 10.5 Å². The Labute approximate surface area is 133 Å². The molecule has 0 amide bonds.